The van der Waals surface area contributed by atoms with E-state index in [2.05, 4.69) is 31.8 Å². The standard InChI is InChI=1S/C27H32N6OS/c1-21-16-22(2)18-24(17-21)32(15-9-12-28)26(34)20-35-27-30-29-25(19-31-13-7-4-8-14-31)33(27)23-10-5-3-6-11-23/h3,5-6,10-11,16-18H,4,7-9,13-15,19-20H2,1-2H3. The van der Waals surface area contributed by atoms with Crippen molar-refractivity contribution in [1.82, 2.24) is 19.7 Å². The fourth-order valence-electron chi connectivity index (χ4n) is 4.52. The highest BCUT2D eigenvalue weighted by Crippen LogP contribution is 2.26. The molecule has 0 atom stereocenters. The summed E-state index contributed by atoms with van der Waals surface area (Å²) in [5.74, 6) is 1.06. The first-order valence-electron chi connectivity index (χ1n) is 12.2. The van der Waals surface area contributed by atoms with Crippen LogP contribution < -0.4 is 4.90 Å². The molecule has 1 aromatic heterocycles. The van der Waals surface area contributed by atoms with Crippen LogP contribution in [0.25, 0.3) is 5.69 Å². The number of thioether (sulfide) groups is 1. The minimum absolute atomic E-state index is 0.0459. The molecule has 8 heteroatoms. The van der Waals surface area contributed by atoms with Crippen molar-refractivity contribution in [3.8, 4) is 11.8 Å². The van der Waals surface area contributed by atoms with Gasteiger partial charge in [0.2, 0.25) is 5.91 Å². The third kappa shape index (κ3) is 6.50. The molecule has 0 radical (unpaired) electrons. The highest BCUT2D eigenvalue weighted by Gasteiger charge is 2.22. The van der Waals surface area contributed by atoms with Gasteiger partial charge in [-0.05, 0) is 75.2 Å². The lowest BCUT2D eigenvalue weighted by Gasteiger charge is -2.26. The van der Waals surface area contributed by atoms with Crippen LogP contribution in [-0.2, 0) is 11.3 Å². The van der Waals surface area contributed by atoms with Crippen molar-refractivity contribution in [2.75, 3.05) is 30.3 Å². The van der Waals surface area contributed by atoms with Crippen molar-refractivity contribution in [3.05, 3.63) is 65.5 Å². The lowest BCUT2D eigenvalue weighted by Crippen LogP contribution is -2.33. The number of benzene rings is 2. The summed E-state index contributed by atoms with van der Waals surface area (Å²) >= 11 is 1.39. The lowest BCUT2D eigenvalue weighted by atomic mass is 10.1. The Labute approximate surface area is 211 Å². The molecule has 1 amide bonds. The average Bonchev–Trinajstić information content (AvgIpc) is 3.25. The largest absolute Gasteiger partial charge is 0.311 e. The van der Waals surface area contributed by atoms with Crippen molar-refractivity contribution in [1.29, 1.82) is 5.26 Å². The molecule has 1 saturated heterocycles. The van der Waals surface area contributed by atoms with E-state index < -0.39 is 0 Å². The summed E-state index contributed by atoms with van der Waals surface area (Å²) in [5, 5.41) is 18.8. The van der Waals surface area contributed by atoms with Gasteiger partial charge in [0.25, 0.3) is 0 Å². The van der Waals surface area contributed by atoms with Crippen molar-refractivity contribution >= 4 is 23.4 Å². The first kappa shape index (κ1) is 25.0. The summed E-state index contributed by atoms with van der Waals surface area (Å²) in [6.07, 6.45) is 4.00. The van der Waals surface area contributed by atoms with Gasteiger partial charge in [0, 0.05) is 17.9 Å². The number of likely N-dealkylation sites (tertiary alicyclic amines) is 1. The van der Waals surface area contributed by atoms with Crippen LogP contribution in [0.4, 0.5) is 5.69 Å². The van der Waals surface area contributed by atoms with Gasteiger partial charge in [-0.3, -0.25) is 14.3 Å². The Morgan fingerprint density at radius 2 is 1.77 bits per heavy atom. The molecule has 0 saturated carbocycles. The maximum Gasteiger partial charge on any atom is 0.237 e. The van der Waals surface area contributed by atoms with E-state index in [1.165, 1.54) is 31.0 Å². The van der Waals surface area contributed by atoms with Crippen molar-refractivity contribution in [2.45, 2.75) is 51.2 Å². The quantitative estimate of drug-likeness (QED) is 0.398. The second-order valence-corrected chi connectivity index (χ2v) is 9.94. The summed E-state index contributed by atoms with van der Waals surface area (Å²) in [4.78, 5) is 17.5. The molecule has 0 N–H and O–H groups in total. The second kappa shape index (κ2) is 12.0. The highest BCUT2D eigenvalue weighted by atomic mass is 32.2. The molecule has 1 aliphatic heterocycles. The van der Waals surface area contributed by atoms with Crippen molar-refractivity contribution < 1.29 is 4.79 Å². The molecule has 3 aromatic rings. The fraction of sp³-hybridized carbons (Fsp3) is 0.407. The zero-order valence-electron chi connectivity index (χ0n) is 20.5. The van der Waals surface area contributed by atoms with Gasteiger partial charge in [0.1, 0.15) is 0 Å². The maximum absolute atomic E-state index is 13.3. The Bertz CT molecular complexity index is 1160. The van der Waals surface area contributed by atoms with Crippen LogP contribution in [-0.4, -0.2) is 51.0 Å². The van der Waals surface area contributed by atoms with E-state index in [1.807, 2.05) is 56.3 Å². The number of aryl methyl sites for hydroxylation is 2. The molecule has 35 heavy (non-hydrogen) atoms. The topological polar surface area (TPSA) is 78.0 Å². The number of nitrogens with zero attached hydrogens (tertiary/aromatic N) is 6. The minimum Gasteiger partial charge on any atom is -0.311 e. The number of aromatic nitrogens is 3. The molecule has 0 spiro atoms. The van der Waals surface area contributed by atoms with E-state index >= 15 is 0 Å². The van der Waals surface area contributed by atoms with Crippen LogP contribution in [0.1, 0.15) is 42.6 Å². The van der Waals surface area contributed by atoms with Gasteiger partial charge < -0.3 is 4.90 Å². The summed E-state index contributed by atoms with van der Waals surface area (Å²) < 4.78 is 2.07. The number of para-hydroxylation sites is 1. The van der Waals surface area contributed by atoms with Gasteiger partial charge in [-0.2, -0.15) is 5.26 Å². The number of anilines is 1. The van der Waals surface area contributed by atoms with Gasteiger partial charge in [-0.25, -0.2) is 0 Å². The molecular formula is C27H32N6OS. The molecule has 2 heterocycles. The van der Waals surface area contributed by atoms with Gasteiger partial charge in [0.15, 0.2) is 11.0 Å². The average molecular weight is 489 g/mol. The summed E-state index contributed by atoms with van der Waals surface area (Å²) in [6, 6.07) is 18.3. The number of carbonyl (C=O) groups is 1. The first-order valence-corrected chi connectivity index (χ1v) is 13.1. The van der Waals surface area contributed by atoms with Crippen LogP contribution in [0, 0.1) is 25.2 Å². The van der Waals surface area contributed by atoms with Crippen LogP contribution in [0.2, 0.25) is 0 Å². The normalized spacial score (nSPS) is 14.0. The molecular weight excluding hydrogens is 456 g/mol. The number of hydrogen-bond donors (Lipinski definition) is 0. The predicted octanol–water partition coefficient (Wildman–Crippen LogP) is 4.91. The van der Waals surface area contributed by atoms with E-state index in [9.17, 15) is 4.79 Å². The molecule has 1 aliphatic rings. The van der Waals surface area contributed by atoms with Crippen molar-refractivity contribution in [2.24, 2.45) is 0 Å². The smallest absolute Gasteiger partial charge is 0.237 e. The molecule has 0 unspecified atom stereocenters. The van der Waals surface area contributed by atoms with Gasteiger partial charge in [-0.15, -0.1) is 10.2 Å². The van der Waals surface area contributed by atoms with Gasteiger partial charge >= 0.3 is 0 Å². The first-order chi connectivity index (χ1) is 17.0. The number of hydrogen-bond acceptors (Lipinski definition) is 6. The molecule has 182 valence electrons. The number of piperidine rings is 1. The highest BCUT2D eigenvalue weighted by molar-refractivity contribution is 7.99. The zero-order valence-corrected chi connectivity index (χ0v) is 21.3. The second-order valence-electron chi connectivity index (χ2n) is 8.99. The van der Waals surface area contributed by atoms with E-state index in [0.717, 1.165) is 48.0 Å². The van der Waals surface area contributed by atoms with Crippen LogP contribution in [0.5, 0.6) is 0 Å². The Kier molecular flexibility index (Phi) is 8.56. The summed E-state index contributed by atoms with van der Waals surface area (Å²) in [6.45, 7) is 7.30. The molecule has 4 rings (SSSR count). The Hall–Kier alpha value is -3.15. The van der Waals surface area contributed by atoms with E-state index in [0.29, 0.717) is 11.7 Å². The Morgan fingerprint density at radius 1 is 1.06 bits per heavy atom. The number of rotatable bonds is 9. The summed E-state index contributed by atoms with van der Waals surface area (Å²) in [5.41, 5.74) is 4.01. The van der Waals surface area contributed by atoms with Gasteiger partial charge in [-0.1, -0.05) is 42.4 Å². The summed E-state index contributed by atoms with van der Waals surface area (Å²) in [7, 11) is 0. The Morgan fingerprint density at radius 3 is 2.46 bits per heavy atom. The number of carbonyl (C=O) groups excluding carboxylic acids is 1. The van der Waals surface area contributed by atoms with E-state index in [1.54, 1.807) is 4.90 Å². The number of nitriles is 1. The monoisotopic (exact) mass is 488 g/mol. The zero-order chi connectivity index (χ0) is 24.6. The third-order valence-corrected chi connectivity index (χ3v) is 7.03. The molecule has 7 nitrogen and oxygen atoms in total. The van der Waals surface area contributed by atoms with Crippen LogP contribution in [0.3, 0.4) is 0 Å². The Balaban J connectivity index is 1.55. The van der Waals surface area contributed by atoms with E-state index in [-0.39, 0.29) is 18.1 Å². The molecule has 0 aliphatic carbocycles. The molecule has 2 aromatic carbocycles. The SMILES string of the molecule is Cc1cc(C)cc(N(CCC#N)C(=O)CSc2nnc(CN3CCCCC3)n2-c2ccccc2)c1. The van der Waals surface area contributed by atoms with Crippen LogP contribution in [0.15, 0.2) is 53.7 Å². The van der Waals surface area contributed by atoms with Crippen molar-refractivity contribution in [3.63, 3.8) is 0 Å². The van der Waals surface area contributed by atoms with E-state index in [4.69, 9.17) is 5.26 Å². The lowest BCUT2D eigenvalue weighted by molar-refractivity contribution is -0.116. The molecule has 1 fully saturated rings. The molecule has 0 bridgehead atoms. The predicted molar refractivity (Wildman–Crippen MR) is 140 cm³/mol. The number of amides is 1. The fourth-order valence-corrected chi connectivity index (χ4v) is 5.37. The minimum atomic E-state index is -0.0459. The third-order valence-electron chi connectivity index (χ3n) is 6.12. The maximum atomic E-state index is 13.3. The van der Waals surface area contributed by atoms with Crippen LogP contribution >= 0.6 is 11.8 Å². The van der Waals surface area contributed by atoms with Gasteiger partial charge in [0.05, 0.1) is 24.8 Å².